The highest BCUT2D eigenvalue weighted by molar-refractivity contribution is 9.11. The Bertz CT molecular complexity index is 558. The van der Waals surface area contributed by atoms with Crippen molar-refractivity contribution in [1.29, 1.82) is 0 Å². The molecular weight excluding hydrogens is 367 g/mol. The Morgan fingerprint density at radius 3 is 2.76 bits per heavy atom. The first-order chi connectivity index (χ1) is 8.08. The Balaban J connectivity index is 2.31. The van der Waals surface area contributed by atoms with Crippen LogP contribution in [-0.2, 0) is 0 Å². The Labute approximate surface area is 122 Å². The minimum atomic E-state index is 0.670. The quantitative estimate of drug-likeness (QED) is 0.768. The zero-order chi connectivity index (χ0) is 12.4. The van der Waals surface area contributed by atoms with Crippen molar-refractivity contribution in [1.82, 2.24) is 4.98 Å². The normalized spacial score (nSPS) is 10.4. The van der Waals surface area contributed by atoms with Crippen LogP contribution in [0.3, 0.4) is 0 Å². The smallest absolute Gasteiger partial charge is 0.130 e. The molecule has 2 nitrogen and oxygen atoms in total. The van der Waals surface area contributed by atoms with Crippen LogP contribution in [0.25, 0.3) is 0 Å². The molecule has 1 heterocycles. The first-order valence-corrected chi connectivity index (χ1v) is 6.87. The van der Waals surface area contributed by atoms with Gasteiger partial charge in [0.15, 0.2) is 0 Å². The summed E-state index contributed by atoms with van der Waals surface area (Å²) in [5.74, 6) is 0.786. The molecule has 5 heteroatoms. The number of benzene rings is 1. The van der Waals surface area contributed by atoms with Crippen LogP contribution in [-0.4, -0.2) is 4.98 Å². The van der Waals surface area contributed by atoms with Gasteiger partial charge in [0.2, 0.25) is 0 Å². The highest BCUT2D eigenvalue weighted by Gasteiger charge is 2.05. The van der Waals surface area contributed by atoms with Gasteiger partial charge in [-0.2, -0.15) is 0 Å². The van der Waals surface area contributed by atoms with Crippen molar-refractivity contribution in [2.45, 2.75) is 6.92 Å². The molecule has 1 aromatic heterocycles. The Morgan fingerprint density at radius 2 is 2.06 bits per heavy atom. The first-order valence-electron chi connectivity index (χ1n) is 4.91. The number of nitrogens with zero attached hydrogens (tertiary/aromatic N) is 1. The number of aryl methyl sites for hydroxylation is 1. The average Bonchev–Trinajstić information content (AvgIpc) is 2.30. The van der Waals surface area contributed by atoms with E-state index in [4.69, 9.17) is 11.6 Å². The maximum absolute atomic E-state index is 6.02. The second-order valence-corrected chi connectivity index (χ2v) is 5.60. The minimum absolute atomic E-state index is 0.670. The molecule has 0 bridgehead atoms. The fourth-order valence-corrected chi connectivity index (χ4v) is 2.10. The van der Waals surface area contributed by atoms with Gasteiger partial charge in [-0.1, -0.05) is 17.7 Å². The second-order valence-electron chi connectivity index (χ2n) is 3.55. The molecule has 2 rings (SSSR count). The topological polar surface area (TPSA) is 24.9 Å². The SMILES string of the molecule is Cc1cc(Nc2cccc(Cl)c2Br)ncc1Br. The van der Waals surface area contributed by atoms with E-state index in [-0.39, 0.29) is 0 Å². The number of hydrogen-bond donors (Lipinski definition) is 1. The van der Waals surface area contributed by atoms with E-state index in [1.165, 1.54) is 0 Å². The molecule has 0 aliphatic carbocycles. The van der Waals surface area contributed by atoms with Gasteiger partial charge in [-0.25, -0.2) is 4.98 Å². The summed E-state index contributed by atoms with van der Waals surface area (Å²) < 4.78 is 1.83. The molecule has 88 valence electrons. The van der Waals surface area contributed by atoms with Crippen LogP contribution in [0.4, 0.5) is 11.5 Å². The Morgan fingerprint density at radius 1 is 1.29 bits per heavy atom. The van der Waals surface area contributed by atoms with Crippen LogP contribution in [0.15, 0.2) is 39.4 Å². The standard InChI is InChI=1S/C12H9Br2ClN2/c1-7-5-11(16-6-8(7)13)17-10-4-2-3-9(15)12(10)14/h2-6H,1H3,(H,16,17). The summed E-state index contributed by atoms with van der Waals surface area (Å²) in [6, 6.07) is 7.63. The predicted molar refractivity (Wildman–Crippen MR) is 79.1 cm³/mol. The van der Waals surface area contributed by atoms with E-state index in [9.17, 15) is 0 Å². The van der Waals surface area contributed by atoms with Gasteiger partial charge in [0.05, 0.1) is 15.2 Å². The van der Waals surface area contributed by atoms with Gasteiger partial charge in [0, 0.05) is 10.7 Å². The van der Waals surface area contributed by atoms with Crippen molar-refractivity contribution >= 4 is 55.0 Å². The molecule has 0 aliphatic heterocycles. The predicted octanol–water partition coefficient (Wildman–Crippen LogP) is 5.31. The fourth-order valence-electron chi connectivity index (χ4n) is 1.35. The third-order valence-electron chi connectivity index (χ3n) is 2.26. The van der Waals surface area contributed by atoms with Gasteiger partial charge in [-0.15, -0.1) is 0 Å². The first kappa shape index (κ1) is 12.9. The lowest BCUT2D eigenvalue weighted by Crippen LogP contribution is -1.95. The van der Waals surface area contributed by atoms with E-state index in [1.54, 1.807) is 6.20 Å². The molecule has 0 fully saturated rings. The van der Waals surface area contributed by atoms with Gasteiger partial charge in [0.25, 0.3) is 0 Å². The molecule has 0 aliphatic rings. The number of rotatable bonds is 2. The summed E-state index contributed by atoms with van der Waals surface area (Å²) in [5, 5.41) is 3.89. The largest absolute Gasteiger partial charge is 0.339 e. The average molecular weight is 376 g/mol. The summed E-state index contributed by atoms with van der Waals surface area (Å²) in [7, 11) is 0. The highest BCUT2D eigenvalue weighted by Crippen LogP contribution is 2.32. The lowest BCUT2D eigenvalue weighted by Gasteiger charge is -2.09. The molecule has 0 spiro atoms. The van der Waals surface area contributed by atoms with Crippen molar-refractivity contribution < 1.29 is 0 Å². The van der Waals surface area contributed by atoms with E-state index < -0.39 is 0 Å². The molecule has 17 heavy (non-hydrogen) atoms. The number of halogens is 3. The maximum Gasteiger partial charge on any atom is 0.130 e. The van der Waals surface area contributed by atoms with Gasteiger partial charge < -0.3 is 5.32 Å². The number of hydrogen-bond acceptors (Lipinski definition) is 2. The van der Waals surface area contributed by atoms with E-state index in [1.807, 2.05) is 31.2 Å². The van der Waals surface area contributed by atoms with Crippen LogP contribution in [0.5, 0.6) is 0 Å². The molecule has 2 aromatic rings. The number of nitrogens with one attached hydrogen (secondary N) is 1. The maximum atomic E-state index is 6.02. The third-order valence-corrected chi connectivity index (χ3v) is 4.49. The summed E-state index contributed by atoms with van der Waals surface area (Å²) in [4.78, 5) is 4.28. The van der Waals surface area contributed by atoms with Crippen LogP contribution < -0.4 is 5.32 Å². The van der Waals surface area contributed by atoms with Crippen LogP contribution in [0.2, 0.25) is 5.02 Å². The minimum Gasteiger partial charge on any atom is -0.339 e. The van der Waals surface area contributed by atoms with Crippen molar-refractivity contribution in [3.05, 3.63) is 50.0 Å². The van der Waals surface area contributed by atoms with E-state index in [0.29, 0.717) is 5.02 Å². The van der Waals surface area contributed by atoms with Crippen molar-refractivity contribution in [3.8, 4) is 0 Å². The summed E-state index contributed by atoms with van der Waals surface area (Å²) in [6.07, 6.45) is 1.77. The molecule has 0 saturated carbocycles. The molecule has 0 radical (unpaired) electrons. The van der Waals surface area contributed by atoms with Gasteiger partial charge in [-0.05, 0) is 62.5 Å². The number of pyridine rings is 1. The molecule has 1 aromatic carbocycles. The van der Waals surface area contributed by atoms with Crippen molar-refractivity contribution in [2.75, 3.05) is 5.32 Å². The van der Waals surface area contributed by atoms with Crippen molar-refractivity contribution in [3.63, 3.8) is 0 Å². The number of aromatic nitrogens is 1. The number of anilines is 2. The molecular formula is C12H9Br2ClN2. The van der Waals surface area contributed by atoms with Gasteiger partial charge in [-0.3, -0.25) is 0 Å². The lowest BCUT2D eigenvalue weighted by molar-refractivity contribution is 1.25. The molecule has 0 saturated heterocycles. The fraction of sp³-hybridized carbons (Fsp3) is 0.0833. The van der Waals surface area contributed by atoms with Crippen LogP contribution >= 0.6 is 43.5 Å². The van der Waals surface area contributed by atoms with Gasteiger partial charge in [0.1, 0.15) is 5.82 Å². The molecule has 0 unspecified atom stereocenters. The Hall–Kier alpha value is -0.580. The summed E-state index contributed by atoms with van der Waals surface area (Å²) in [6.45, 7) is 2.02. The van der Waals surface area contributed by atoms with Crippen LogP contribution in [0, 0.1) is 6.92 Å². The zero-order valence-electron chi connectivity index (χ0n) is 8.97. The van der Waals surface area contributed by atoms with Crippen molar-refractivity contribution in [2.24, 2.45) is 0 Å². The summed E-state index contributed by atoms with van der Waals surface area (Å²) >= 11 is 12.9. The summed E-state index contributed by atoms with van der Waals surface area (Å²) in [5.41, 5.74) is 2.02. The highest BCUT2D eigenvalue weighted by atomic mass is 79.9. The molecule has 0 atom stereocenters. The molecule has 0 amide bonds. The Kier molecular flexibility index (Phi) is 4.07. The molecule has 1 N–H and O–H groups in total. The van der Waals surface area contributed by atoms with E-state index in [0.717, 1.165) is 26.0 Å². The lowest BCUT2D eigenvalue weighted by atomic mass is 10.3. The second kappa shape index (κ2) is 5.38. The third kappa shape index (κ3) is 3.00. The van der Waals surface area contributed by atoms with Gasteiger partial charge >= 0.3 is 0 Å². The zero-order valence-corrected chi connectivity index (χ0v) is 12.9. The van der Waals surface area contributed by atoms with Crippen LogP contribution in [0.1, 0.15) is 5.56 Å². The van der Waals surface area contributed by atoms with E-state index >= 15 is 0 Å². The van der Waals surface area contributed by atoms with E-state index in [2.05, 4.69) is 42.2 Å². The monoisotopic (exact) mass is 374 g/mol.